The fraction of sp³-hybridized carbons (Fsp3) is 0.462. The second-order valence-electron chi connectivity index (χ2n) is 4.12. The topological polar surface area (TPSA) is 45.1 Å². The minimum atomic E-state index is 0.0654. The van der Waals surface area contributed by atoms with Crippen LogP contribution in [0, 0.1) is 0 Å². The van der Waals surface area contributed by atoms with E-state index in [2.05, 4.69) is 11.2 Å². The molecule has 0 fully saturated rings. The molecule has 0 aromatic heterocycles. The number of fused-ring (bicyclic) bond motifs is 1. The minimum absolute atomic E-state index is 0.0654. The molecule has 0 aromatic carbocycles. The molecule has 0 saturated heterocycles. The molecule has 2 aliphatic rings. The predicted molar refractivity (Wildman–Crippen MR) is 67.9 cm³/mol. The van der Waals surface area contributed by atoms with Crippen LogP contribution < -0.4 is 0 Å². The van der Waals surface area contributed by atoms with Gasteiger partial charge in [-0.05, 0) is 11.1 Å². The standard InChI is InChI=1S/C13H18N2O2/c1-17-7-6-15-13-8-11(4-5-14-15)2-3-12(9-13)10-16/h2-3,5,8-9,13,16H,4,6-7,10H2,1H3. The zero-order valence-corrected chi connectivity index (χ0v) is 10.0. The molecule has 0 spiro atoms. The normalized spacial score (nSPS) is 22.9. The van der Waals surface area contributed by atoms with Crippen molar-refractivity contribution in [3.63, 3.8) is 0 Å². The lowest BCUT2D eigenvalue weighted by atomic mass is 10.1. The predicted octanol–water partition coefficient (Wildman–Crippen LogP) is 1.11. The minimum Gasteiger partial charge on any atom is -0.392 e. The van der Waals surface area contributed by atoms with Crippen LogP contribution in [0.2, 0.25) is 0 Å². The fourth-order valence-electron chi connectivity index (χ4n) is 1.95. The lowest BCUT2D eigenvalue weighted by Gasteiger charge is -2.24. The van der Waals surface area contributed by atoms with Crippen LogP contribution in [0.1, 0.15) is 6.42 Å². The Labute approximate surface area is 102 Å². The van der Waals surface area contributed by atoms with Gasteiger partial charge in [-0.1, -0.05) is 24.3 Å². The molecule has 1 unspecified atom stereocenters. The molecule has 92 valence electrons. The van der Waals surface area contributed by atoms with Crippen LogP contribution >= 0.6 is 0 Å². The van der Waals surface area contributed by atoms with Gasteiger partial charge in [0.1, 0.15) is 0 Å². The summed E-state index contributed by atoms with van der Waals surface area (Å²) < 4.78 is 5.09. The molecule has 1 aliphatic heterocycles. The van der Waals surface area contributed by atoms with Gasteiger partial charge in [-0.25, -0.2) is 0 Å². The van der Waals surface area contributed by atoms with Gasteiger partial charge in [0.05, 0.1) is 25.8 Å². The first-order chi connectivity index (χ1) is 8.33. The number of ether oxygens (including phenoxy) is 1. The molecular formula is C13H18N2O2. The van der Waals surface area contributed by atoms with Crippen LogP contribution in [-0.2, 0) is 4.74 Å². The van der Waals surface area contributed by atoms with E-state index in [1.165, 1.54) is 5.57 Å². The van der Waals surface area contributed by atoms with Gasteiger partial charge in [-0.3, -0.25) is 5.01 Å². The summed E-state index contributed by atoms with van der Waals surface area (Å²) in [6, 6.07) is 0.107. The lowest BCUT2D eigenvalue weighted by Crippen LogP contribution is -2.30. The second kappa shape index (κ2) is 5.80. The van der Waals surface area contributed by atoms with Crippen LogP contribution in [0.5, 0.6) is 0 Å². The van der Waals surface area contributed by atoms with Crippen molar-refractivity contribution in [3.05, 3.63) is 35.5 Å². The maximum absolute atomic E-state index is 9.24. The number of aliphatic hydroxyl groups excluding tert-OH is 1. The van der Waals surface area contributed by atoms with E-state index in [-0.39, 0.29) is 12.6 Å². The van der Waals surface area contributed by atoms with Crippen LogP contribution in [-0.4, -0.2) is 49.2 Å². The van der Waals surface area contributed by atoms with Gasteiger partial charge in [0.15, 0.2) is 0 Å². The SMILES string of the molecule is COCCN1N=CCC2=CC1C=C(CO)C=C2. The third kappa shape index (κ3) is 3.05. The van der Waals surface area contributed by atoms with Crippen molar-refractivity contribution >= 4 is 6.21 Å². The molecule has 0 radical (unpaired) electrons. The molecule has 4 heteroatoms. The monoisotopic (exact) mass is 234 g/mol. The molecular weight excluding hydrogens is 216 g/mol. The maximum atomic E-state index is 9.24. The first-order valence-electron chi connectivity index (χ1n) is 5.82. The summed E-state index contributed by atoms with van der Waals surface area (Å²) >= 11 is 0. The van der Waals surface area contributed by atoms with Crippen LogP contribution in [0.25, 0.3) is 0 Å². The van der Waals surface area contributed by atoms with Gasteiger partial charge in [0.2, 0.25) is 0 Å². The largest absolute Gasteiger partial charge is 0.392 e. The lowest BCUT2D eigenvalue weighted by molar-refractivity contribution is 0.145. The molecule has 4 nitrogen and oxygen atoms in total. The summed E-state index contributed by atoms with van der Waals surface area (Å²) in [6.45, 7) is 1.46. The first-order valence-corrected chi connectivity index (χ1v) is 5.82. The Bertz CT molecular complexity index is 383. The van der Waals surface area contributed by atoms with E-state index in [0.29, 0.717) is 6.61 Å². The fourth-order valence-corrected chi connectivity index (χ4v) is 1.95. The highest BCUT2D eigenvalue weighted by molar-refractivity contribution is 5.63. The molecule has 17 heavy (non-hydrogen) atoms. The number of nitrogens with zero attached hydrogens (tertiary/aromatic N) is 2. The van der Waals surface area contributed by atoms with E-state index >= 15 is 0 Å². The third-order valence-electron chi connectivity index (χ3n) is 2.89. The Kier molecular flexibility index (Phi) is 4.12. The van der Waals surface area contributed by atoms with Crippen molar-refractivity contribution in [2.24, 2.45) is 5.10 Å². The Hall–Kier alpha value is -1.39. The number of hydrazone groups is 1. The molecule has 1 aliphatic carbocycles. The zero-order valence-electron chi connectivity index (χ0n) is 10.0. The average Bonchev–Trinajstić information content (AvgIpc) is 2.67. The Morgan fingerprint density at radius 3 is 3.12 bits per heavy atom. The molecule has 1 N–H and O–H groups in total. The summed E-state index contributed by atoms with van der Waals surface area (Å²) in [7, 11) is 1.69. The number of aliphatic hydroxyl groups is 1. The summed E-state index contributed by atoms with van der Waals surface area (Å²) in [4.78, 5) is 0. The highest BCUT2D eigenvalue weighted by Gasteiger charge is 2.16. The molecule has 0 saturated carbocycles. The van der Waals surface area contributed by atoms with Gasteiger partial charge in [0.25, 0.3) is 0 Å². The molecule has 1 heterocycles. The van der Waals surface area contributed by atoms with Gasteiger partial charge < -0.3 is 9.84 Å². The number of methoxy groups -OCH3 is 1. The second-order valence-corrected chi connectivity index (χ2v) is 4.12. The van der Waals surface area contributed by atoms with E-state index in [4.69, 9.17) is 4.74 Å². The van der Waals surface area contributed by atoms with Crippen molar-refractivity contribution in [2.45, 2.75) is 12.5 Å². The van der Waals surface area contributed by atoms with Crippen molar-refractivity contribution in [1.29, 1.82) is 0 Å². The Balaban J connectivity index is 2.20. The highest BCUT2D eigenvalue weighted by Crippen LogP contribution is 2.19. The average molecular weight is 234 g/mol. The number of hydrogen-bond donors (Lipinski definition) is 1. The van der Waals surface area contributed by atoms with E-state index in [9.17, 15) is 5.11 Å². The zero-order chi connectivity index (χ0) is 12.1. The van der Waals surface area contributed by atoms with E-state index < -0.39 is 0 Å². The summed E-state index contributed by atoms with van der Waals surface area (Å²) in [5, 5.41) is 15.7. The quantitative estimate of drug-likeness (QED) is 0.792. The summed E-state index contributed by atoms with van der Waals surface area (Å²) in [5.41, 5.74) is 2.17. The maximum Gasteiger partial charge on any atom is 0.0845 e. The van der Waals surface area contributed by atoms with Crippen LogP contribution in [0.15, 0.2) is 40.6 Å². The van der Waals surface area contributed by atoms with Crippen molar-refractivity contribution in [3.8, 4) is 0 Å². The van der Waals surface area contributed by atoms with Crippen molar-refractivity contribution in [2.75, 3.05) is 26.9 Å². The molecule has 1 atom stereocenters. The van der Waals surface area contributed by atoms with E-state index in [0.717, 1.165) is 18.5 Å². The van der Waals surface area contributed by atoms with Gasteiger partial charge in [0, 0.05) is 19.7 Å². The molecule has 2 bridgehead atoms. The van der Waals surface area contributed by atoms with Crippen molar-refractivity contribution < 1.29 is 9.84 Å². The molecule has 2 rings (SSSR count). The van der Waals surface area contributed by atoms with E-state index in [1.54, 1.807) is 7.11 Å². The van der Waals surface area contributed by atoms with E-state index in [1.807, 2.05) is 29.5 Å². The Morgan fingerprint density at radius 2 is 2.35 bits per heavy atom. The molecule has 0 aromatic rings. The van der Waals surface area contributed by atoms with Gasteiger partial charge >= 0.3 is 0 Å². The third-order valence-corrected chi connectivity index (χ3v) is 2.89. The number of allylic oxidation sites excluding steroid dienone is 2. The van der Waals surface area contributed by atoms with Gasteiger partial charge in [-0.15, -0.1) is 0 Å². The van der Waals surface area contributed by atoms with Gasteiger partial charge in [-0.2, -0.15) is 5.10 Å². The molecule has 0 amide bonds. The first kappa shape index (κ1) is 12.1. The number of rotatable bonds is 4. The van der Waals surface area contributed by atoms with Crippen molar-refractivity contribution in [1.82, 2.24) is 5.01 Å². The Morgan fingerprint density at radius 1 is 1.47 bits per heavy atom. The number of hydrogen-bond acceptors (Lipinski definition) is 4. The summed E-state index contributed by atoms with van der Waals surface area (Å²) in [6.07, 6.45) is 11.0. The summed E-state index contributed by atoms with van der Waals surface area (Å²) in [5.74, 6) is 0. The van der Waals surface area contributed by atoms with Crippen LogP contribution in [0.3, 0.4) is 0 Å². The highest BCUT2D eigenvalue weighted by atomic mass is 16.5. The smallest absolute Gasteiger partial charge is 0.0845 e. The van der Waals surface area contributed by atoms with Crippen LogP contribution in [0.4, 0.5) is 0 Å².